The molecule has 0 bridgehead atoms. The second kappa shape index (κ2) is 6.42. The fourth-order valence-electron chi connectivity index (χ4n) is 2.90. The number of aryl methyl sites for hydroxylation is 1. The maximum Gasteiger partial charge on any atom is 0.433 e. The van der Waals surface area contributed by atoms with Crippen LogP contribution >= 0.6 is 11.8 Å². The van der Waals surface area contributed by atoms with Crippen molar-refractivity contribution in [2.75, 3.05) is 13.1 Å². The monoisotopic (exact) mass is 363 g/mol. The van der Waals surface area contributed by atoms with E-state index in [0.29, 0.717) is 37.3 Å². The van der Waals surface area contributed by atoms with Crippen molar-refractivity contribution in [3.05, 3.63) is 23.5 Å². The van der Waals surface area contributed by atoms with Crippen LogP contribution in [0, 0.1) is 0 Å². The van der Waals surface area contributed by atoms with Crippen molar-refractivity contribution in [3.8, 4) is 0 Å². The Labute approximate surface area is 140 Å². The largest absolute Gasteiger partial charge is 0.433 e. The van der Waals surface area contributed by atoms with Crippen molar-refractivity contribution in [3.63, 3.8) is 0 Å². The van der Waals surface area contributed by atoms with E-state index in [9.17, 15) is 22.4 Å². The van der Waals surface area contributed by atoms with Crippen LogP contribution in [0.4, 0.5) is 17.6 Å². The number of thioether (sulfide) groups is 1. The molecule has 3 heterocycles. The number of hydrogen-bond acceptors (Lipinski definition) is 3. The summed E-state index contributed by atoms with van der Waals surface area (Å²) in [4.78, 5) is 14.7. The number of piperidine rings is 1. The van der Waals surface area contributed by atoms with E-state index < -0.39 is 18.0 Å². The van der Waals surface area contributed by atoms with Gasteiger partial charge < -0.3 is 4.90 Å². The molecule has 0 saturated carbocycles. The third-order valence-electron chi connectivity index (χ3n) is 4.22. The minimum Gasteiger partial charge on any atom is -0.342 e. The van der Waals surface area contributed by atoms with Crippen LogP contribution in [0.1, 0.15) is 30.7 Å². The van der Waals surface area contributed by atoms with Crippen molar-refractivity contribution in [2.45, 2.75) is 36.9 Å². The Hall–Kier alpha value is -1.51. The molecule has 0 aromatic carbocycles. The molecule has 4 nitrogen and oxygen atoms in total. The number of carbonyl (C=O) groups excluding carboxylic acids is 1. The van der Waals surface area contributed by atoms with Gasteiger partial charge in [-0.2, -0.15) is 18.3 Å². The Bertz CT molecular complexity index is 662. The van der Waals surface area contributed by atoms with Gasteiger partial charge in [0.05, 0.1) is 10.9 Å². The number of carbonyl (C=O) groups is 1. The van der Waals surface area contributed by atoms with Crippen molar-refractivity contribution >= 4 is 22.6 Å². The zero-order chi connectivity index (χ0) is 17.5. The minimum absolute atomic E-state index is 0.0786. The van der Waals surface area contributed by atoms with Gasteiger partial charge in [-0.05, 0) is 25.3 Å². The standard InChI is InChI=1S/C15H17F4N3OS/c1-21-13(15(17,18)19)8-10(20-21)11-2-3-12(24-11)14(23)22-6-4-9(16)5-7-22/h2,8-9,12H,3-7H2,1H3. The average molecular weight is 363 g/mol. The lowest BCUT2D eigenvalue weighted by Crippen LogP contribution is -2.42. The van der Waals surface area contributed by atoms with Gasteiger partial charge in [-0.15, -0.1) is 11.8 Å². The number of halogens is 4. The molecule has 2 aliphatic rings. The van der Waals surface area contributed by atoms with Crippen molar-refractivity contribution < 1.29 is 22.4 Å². The van der Waals surface area contributed by atoms with E-state index in [0.717, 1.165) is 10.7 Å². The van der Waals surface area contributed by atoms with E-state index in [1.807, 2.05) is 0 Å². The van der Waals surface area contributed by atoms with Gasteiger partial charge in [-0.25, -0.2) is 4.39 Å². The van der Waals surface area contributed by atoms with Crippen LogP contribution < -0.4 is 0 Å². The molecule has 0 radical (unpaired) electrons. The molecule has 9 heteroatoms. The van der Waals surface area contributed by atoms with Gasteiger partial charge in [-0.1, -0.05) is 6.08 Å². The summed E-state index contributed by atoms with van der Waals surface area (Å²) in [6, 6.07) is 1.00. The molecule has 1 saturated heterocycles. The van der Waals surface area contributed by atoms with Gasteiger partial charge in [-0.3, -0.25) is 9.48 Å². The lowest BCUT2D eigenvalue weighted by atomic mass is 10.1. The summed E-state index contributed by atoms with van der Waals surface area (Å²) in [5, 5.41) is 3.54. The van der Waals surface area contributed by atoms with Gasteiger partial charge in [0.2, 0.25) is 5.91 Å². The van der Waals surface area contributed by atoms with Crippen LogP contribution in [0.5, 0.6) is 0 Å². The van der Waals surface area contributed by atoms with E-state index in [1.54, 1.807) is 11.0 Å². The third-order valence-corrected chi connectivity index (χ3v) is 5.53. The smallest absolute Gasteiger partial charge is 0.342 e. The predicted molar refractivity (Wildman–Crippen MR) is 82.9 cm³/mol. The first-order chi connectivity index (χ1) is 11.3. The van der Waals surface area contributed by atoms with E-state index in [4.69, 9.17) is 0 Å². The molecule has 1 atom stereocenters. The predicted octanol–water partition coefficient (Wildman–Crippen LogP) is 3.25. The molecule has 1 aromatic rings. The molecule has 0 N–H and O–H groups in total. The van der Waals surface area contributed by atoms with Crippen LogP contribution in [0.15, 0.2) is 12.1 Å². The fraction of sp³-hybridized carbons (Fsp3) is 0.600. The van der Waals surface area contributed by atoms with E-state index >= 15 is 0 Å². The zero-order valence-electron chi connectivity index (χ0n) is 13.0. The maximum atomic E-state index is 13.2. The lowest BCUT2D eigenvalue weighted by Gasteiger charge is -2.30. The molecule has 2 aliphatic heterocycles. The summed E-state index contributed by atoms with van der Waals surface area (Å²) >= 11 is 1.23. The number of hydrogen-bond donors (Lipinski definition) is 0. The topological polar surface area (TPSA) is 38.1 Å². The van der Waals surface area contributed by atoms with E-state index in [1.165, 1.54) is 18.8 Å². The normalized spacial score (nSPS) is 22.8. The van der Waals surface area contributed by atoms with Crippen LogP contribution in [-0.2, 0) is 18.0 Å². The average Bonchev–Trinajstić information content (AvgIpc) is 3.13. The minimum atomic E-state index is -4.46. The Morgan fingerprint density at radius 1 is 1.33 bits per heavy atom. The van der Waals surface area contributed by atoms with Crippen LogP contribution in [0.3, 0.4) is 0 Å². The fourth-order valence-corrected chi connectivity index (χ4v) is 4.07. The number of alkyl halides is 4. The summed E-state index contributed by atoms with van der Waals surface area (Å²) < 4.78 is 52.5. The molecule has 0 spiro atoms. The van der Waals surface area contributed by atoms with Gasteiger partial charge >= 0.3 is 6.18 Å². The van der Waals surface area contributed by atoms with Gasteiger partial charge in [0.25, 0.3) is 0 Å². The molecule has 0 aliphatic carbocycles. The highest BCUT2D eigenvalue weighted by molar-refractivity contribution is 8.09. The van der Waals surface area contributed by atoms with Crippen molar-refractivity contribution in [1.82, 2.24) is 14.7 Å². The number of nitrogens with zero attached hydrogens (tertiary/aromatic N) is 3. The summed E-state index contributed by atoms with van der Waals surface area (Å²) in [5.74, 6) is -0.0786. The van der Waals surface area contributed by atoms with Crippen molar-refractivity contribution in [2.24, 2.45) is 7.05 Å². The number of amides is 1. The Balaban J connectivity index is 1.66. The Morgan fingerprint density at radius 2 is 2.00 bits per heavy atom. The quantitative estimate of drug-likeness (QED) is 0.757. The van der Waals surface area contributed by atoms with Gasteiger partial charge in [0.1, 0.15) is 11.9 Å². The highest BCUT2D eigenvalue weighted by atomic mass is 32.2. The second-order valence-corrected chi connectivity index (χ2v) is 7.19. The zero-order valence-corrected chi connectivity index (χ0v) is 13.8. The molecule has 1 amide bonds. The first kappa shape index (κ1) is 17.3. The van der Waals surface area contributed by atoms with Crippen LogP contribution in [-0.4, -0.2) is 45.1 Å². The SMILES string of the molecule is Cn1nc(C2=CCC(C(=O)N3CCC(F)CC3)S2)cc1C(F)(F)F. The molecule has 3 rings (SSSR count). The Kier molecular flexibility index (Phi) is 4.63. The number of allylic oxidation sites excluding steroid dienone is 1. The molecule has 1 aromatic heterocycles. The molecular formula is C15H17F4N3OS. The first-order valence-corrected chi connectivity index (χ1v) is 8.55. The van der Waals surface area contributed by atoms with Gasteiger partial charge in [0.15, 0.2) is 0 Å². The summed E-state index contributed by atoms with van der Waals surface area (Å²) in [6.45, 7) is 0.794. The summed E-state index contributed by atoms with van der Waals surface area (Å²) in [5.41, 5.74) is -0.591. The summed E-state index contributed by atoms with van der Waals surface area (Å²) in [7, 11) is 1.25. The molecule has 1 unspecified atom stereocenters. The molecule has 24 heavy (non-hydrogen) atoms. The van der Waals surface area contributed by atoms with E-state index in [2.05, 4.69) is 5.10 Å². The van der Waals surface area contributed by atoms with Crippen LogP contribution in [0.25, 0.3) is 4.91 Å². The highest BCUT2D eigenvalue weighted by Gasteiger charge is 2.37. The summed E-state index contributed by atoms with van der Waals surface area (Å²) in [6.07, 6.45) is -2.43. The van der Waals surface area contributed by atoms with Crippen LogP contribution in [0.2, 0.25) is 0 Å². The second-order valence-electron chi connectivity index (χ2n) is 5.95. The van der Waals surface area contributed by atoms with Crippen molar-refractivity contribution in [1.29, 1.82) is 0 Å². The highest BCUT2D eigenvalue weighted by Crippen LogP contribution is 2.41. The lowest BCUT2D eigenvalue weighted by molar-refractivity contribution is -0.143. The molecule has 1 fully saturated rings. The molecular weight excluding hydrogens is 346 g/mol. The first-order valence-electron chi connectivity index (χ1n) is 7.67. The number of rotatable bonds is 2. The third kappa shape index (κ3) is 3.45. The Morgan fingerprint density at radius 3 is 2.58 bits per heavy atom. The van der Waals surface area contributed by atoms with E-state index in [-0.39, 0.29) is 16.9 Å². The van der Waals surface area contributed by atoms with Gasteiger partial charge in [0, 0.05) is 25.0 Å². The number of likely N-dealkylation sites (tertiary alicyclic amines) is 1. The maximum absolute atomic E-state index is 13.2. The number of aromatic nitrogens is 2. The molecule has 132 valence electrons.